The molecule has 0 radical (unpaired) electrons. The Labute approximate surface area is 129 Å². The summed E-state index contributed by atoms with van der Waals surface area (Å²) in [6, 6.07) is -0.558. The number of hydrogen-bond acceptors (Lipinski definition) is 4. The molecule has 22 heavy (non-hydrogen) atoms. The molecule has 2 aliphatic heterocycles. The van der Waals surface area contributed by atoms with Crippen LogP contribution in [-0.4, -0.2) is 61.0 Å². The Morgan fingerprint density at radius 3 is 2.86 bits per heavy atom. The molecule has 2 unspecified atom stereocenters. The lowest BCUT2D eigenvalue weighted by Crippen LogP contribution is -2.55. The van der Waals surface area contributed by atoms with Gasteiger partial charge in [-0.1, -0.05) is 6.42 Å². The van der Waals surface area contributed by atoms with E-state index in [-0.39, 0.29) is 42.3 Å². The van der Waals surface area contributed by atoms with Gasteiger partial charge in [0, 0.05) is 25.6 Å². The number of nitrogens with one attached hydrogen (secondary N) is 2. The highest BCUT2D eigenvalue weighted by Crippen LogP contribution is 2.27. The van der Waals surface area contributed by atoms with Gasteiger partial charge in [0.05, 0.1) is 12.6 Å². The van der Waals surface area contributed by atoms with Gasteiger partial charge in [-0.05, 0) is 25.7 Å². The number of nitrogens with zero attached hydrogens (tertiary/aromatic N) is 1. The molecule has 2 saturated heterocycles. The van der Waals surface area contributed by atoms with Crippen molar-refractivity contribution in [2.45, 2.75) is 50.3 Å². The average Bonchev–Trinajstić information content (AvgIpc) is 2.96. The van der Waals surface area contributed by atoms with Gasteiger partial charge in [0.15, 0.2) is 0 Å². The smallest absolute Gasteiger partial charge is 0.243 e. The molecule has 0 bridgehead atoms. The second kappa shape index (κ2) is 6.24. The minimum Gasteiger partial charge on any atom is -0.381 e. The number of fused-ring (bicyclic) bond motifs is 1. The quantitative estimate of drug-likeness (QED) is 0.729. The second-order valence-electron chi connectivity index (χ2n) is 6.44. The molecule has 0 spiro atoms. The molecular weight excluding hydrogens is 286 g/mol. The Morgan fingerprint density at radius 2 is 2.14 bits per heavy atom. The summed E-state index contributed by atoms with van der Waals surface area (Å²) >= 11 is 0. The van der Waals surface area contributed by atoms with Crippen LogP contribution in [0.2, 0.25) is 0 Å². The Bertz CT molecular complexity index is 457. The predicted molar refractivity (Wildman–Crippen MR) is 77.8 cm³/mol. The van der Waals surface area contributed by atoms with Crippen LogP contribution in [0.3, 0.4) is 0 Å². The number of carbonyl (C=O) groups excluding carboxylic acids is 3. The highest BCUT2D eigenvalue weighted by Gasteiger charge is 2.43. The number of ether oxygens (including phenoxy) is 1. The van der Waals surface area contributed by atoms with Gasteiger partial charge in [-0.25, -0.2) is 0 Å². The van der Waals surface area contributed by atoms with Gasteiger partial charge in [-0.3, -0.25) is 14.4 Å². The highest BCUT2D eigenvalue weighted by atomic mass is 16.5. The summed E-state index contributed by atoms with van der Waals surface area (Å²) in [6.07, 6.45) is 4.30. The standard InChI is InChI=1S/C15H23N3O4/c1-22-11-4-2-3-9(5-11)14(20)17-10-6-12-15(21)16-7-13(19)18(12)8-10/h9-12H,2-8H2,1H3,(H,16,21)(H,17,20)/t9?,10-,11?,12-/m0/s1. The van der Waals surface area contributed by atoms with Gasteiger partial charge in [-0.2, -0.15) is 0 Å². The van der Waals surface area contributed by atoms with Crippen LogP contribution in [0.4, 0.5) is 0 Å². The largest absolute Gasteiger partial charge is 0.381 e. The van der Waals surface area contributed by atoms with Gasteiger partial charge < -0.3 is 20.3 Å². The van der Waals surface area contributed by atoms with Crippen LogP contribution in [-0.2, 0) is 19.1 Å². The fourth-order valence-corrected chi connectivity index (χ4v) is 3.76. The van der Waals surface area contributed by atoms with Gasteiger partial charge in [-0.15, -0.1) is 0 Å². The van der Waals surface area contributed by atoms with Crippen LogP contribution >= 0.6 is 0 Å². The second-order valence-corrected chi connectivity index (χ2v) is 6.44. The van der Waals surface area contributed by atoms with Gasteiger partial charge >= 0.3 is 0 Å². The Morgan fingerprint density at radius 1 is 1.32 bits per heavy atom. The summed E-state index contributed by atoms with van der Waals surface area (Å²) in [5.74, 6) is -0.188. The van der Waals surface area contributed by atoms with Crippen molar-refractivity contribution in [1.29, 1.82) is 0 Å². The maximum atomic E-state index is 12.4. The maximum absolute atomic E-state index is 12.4. The molecule has 0 aromatic rings. The van der Waals surface area contributed by atoms with E-state index in [0.29, 0.717) is 13.0 Å². The number of piperazine rings is 1. The van der Waals surface area contributed by atoms with Crippen LogP contribution in [0.5, 0.6) is 0 Å². The maximum Gasteiger partial charge on any atom is 0.243 e. The lowest BCUT2D eigenvalue weighted by atomic mass is 9.86. The highest BCUT2D eigenvalue weighted by molar-refractivity contribution is 5.95. The molecule has 2 N–H and O–H groups in total. The molecule has 3 amide bonds. The van der Waals surface area contributed by atoms with Gasteiger partial charge in [0.1, 0.15) is 6.04 Å². The molecule has 4 atom stereocenters. The molecule has 1 aliphatic carbocycles. The SMILES string of the molecule is COC1CCCC(C(=O)N[C@H]2C[C@H]3C(=O)NCC(=O)N3C2)C1. The van der Waals surface area contributed by atoms with E-state index < -0.39 is 6.04 Å². The third kappa shape index (κ3) is 2.95. The van der Waals surface area contributed by atoms with E-state index >= 15 is 0 Å². The number of amides is 3. The van der Waals surface area contributed by atoms with E-state index in [1.807, 2.05) is 0 Å². The summed E-state index contributed by atoms with van der Waals surface area (Å²) < 4.78 is 5.36. The normalized spacial score (nSPS) is 35.0. The Hall–Kier alpha value is -1.63. The minimum atomic E-state index is -0.426. The molecule has 3 fully saturated rings. The van der Waals surface area contributed by atoms with Crippen molar-refractivity contribution < 1.29 is 19.1 Å². The molecule has 122 valence electrons. The third-order valence-corrected chi connectivity index (χ3v) is 5.01. The summed E-state index contributed by atoms with van der Waals surface area (Å²) in [5, 5.41) is 5.62. The summed E-state index contributed by atoms with van der Waals surface area (Å²) in [4.78, 5) is 37.6. The molecule has 0 aromatic heterocycles. The summed E-state index contributed by atoms with van der Waals surface area (Å²) in [6.45, 7) is 0.497. The molecule has 7 nitrogen and oxygen atoms in total. The number of rotatable bonds is 3. The molecule has 7 heteroatoms. The topological polar surface area (TPSA) is 87.7 Å². The Kier molecular flexibility index (Phi) is 4.33. The lowest BCUT2D eigenvalue weighted by Gasteiger charge is -2.28. The zero-order valence-electron chi connectivity index (χ0n) is 12.8. The van der Waals surface area contributed by atoms with Crippen molar-refractivity contribution in [1.82, 2.24) is 15.5 Å². The van der Waals surface area contributed by atoms with E-state index in [9.17, 15) is 14.4 Å². The molecular formula is C15H23N3O4. The summed E-state index contributed by atoms with van der Waals surface area (Å²) in [7, 11) is 1.68. The van der Waals surface area contributed by atoms with Gasteiger partial charge in [0.2, 0.25) is 17.7 Å². The fraction of sp³-hybridized carbons (Fsp3) is 0.800. The zero-order valence-corrected chi connectivity index (χ0v) is 12.8. The van der Waals surface area contributed by atoms with Crippen molar-refractivity contribution in [2.75, 3.05) is 20.2 Å². The van der Waals surface area contributed by atoms with Crippen LogP contribution in [0.1, 0.15) is 32.1 Å². The fourth-order valence-electron chi connectivity index (χ4n) is 3.76. The minimum absolute atomic E-state index is 0.0270. The Balaban J connectivity index is 1.56. The van der Waals surface area contributed by atoms with E-state index in [0.717, 1.165) is 25.7 Å². The van der Waals surface area contributed by atoms with Crippen molar-refractivity contribution in [2.24, 2.45) is 5.92 Å². The predicted octanol–water partition coefficient (Wildman–Crippen LogP) is -0.593. The molecule has 2 heterocycles. The number of hydrogen-bond donors (Lipinski definition) is 2. The molecule has 0 aromatic carbocycles. The van der Waals surface area contributed by atoms with E-state index in [1.165, 1.54) is 0 Å². The number of carbonyl (C=O) groups is 3. The molecule has 3 rings (SSSR count). The first-order chi connectivity index (χ1) is 10.6. The lowest BCUT2D eigenvalue weighted by molar-refractivity contribution is -0.143. The van der Waals surface area contributed by atoms with Crippen LogP contribution in [0.25, 0.3) is 0 Å². The third-order valence-electron chi connectivity index (χ3n) is 5.01. The van der Waals surface area contributed by atoms with Crippen LogP contribution < -0.4 is 10.6 Å². The average molecular weight is 309 g/mol. The van der Waals surface area contributed by atoms with Crippen molar-refractivity contribution in [3.63, 3.8) is 0 Å². The first-order valence-electron chi connectivity index (χ1n) is 7.99. The monoisotopic (exact) mass is 309 g/mol. The van der Waals surface area contributed by atoms with E-state index in [1.54, 1.807) is 12.0 Å². The summed E-state index contributed by atoms with van der Waals surface area (Å²) in [5.41, 5.74) is 0. The van der Waals surface area contributed by atoms with Crippen molar-refractivity contribution >= 4 is 17.7 Å². The van der Waals surface area contributed by atoms with Crippen molar-refractivity contribution in [3.8, 4) is 0 Å². The van der Waals surface area contributed by atoms with Crippen LogP contribution in [0, 0.1) is 5.92 Å². The molecule has 1 saturated carbocycles. The first kappa shape index (κ1) is 15.3. The zero-order chi connectivity index (χ0) is 15.7. The van der Waals surface area contributed by atoms with E-state index in [4.69, 9.17) is 4.74 Å². The van der Waals surface area contributed by atoms with Crippen molar-refractivity contribution in [3.05, 3.63) is 0 Å². The van der Waals surface area contributed by atoms with E-state index in [2.05, 4.69) is 10.6 Å². The van der Waals surface area contributed by atoms with Gasteiger partial charge in [0.25, 0.3) is 0 Å². The first-order valence-corrected chi connectivity index (χ1v) is 7.99. The number of methoxy groups -OCH3 is 1. The van der Waals surface area contributed by atoms with Crippen LogP contribution in [0.15, 0.2) is 0 Å². The molecule has 3 aliphatic rings.